The highest BCUT2D eigenvalue weighted by atomic mass is 32.2. The highest BCUT2D eigenvalue weighted by molar-refractivity contribution is 7.89. The van der Waals surface area contributed by atoms with Crippen LogP contribution in [0.3, 0.4) is 0 Å². The number of aromatic nitrogens is 5. The van der Waals surface area contributed by atoms with Crippen LogP contribution in [0.15, 0.2) is 59.5 Å². The normalized spacial score (nSPS) is 22.3. The Kier molecular flexibility index (Phi) is 6.14. The molecular formula is C29H29FN6O3S2. The van der Waals surface area contributed by atoms with Gasteiger partial charge in [-0.15, -0.1) is 11.3 Å². The number of thiazole rings is 1. The molecule has 0 saturated heterocycles. The number of halogens is 1. The molecule has 3 aromatic heterocycles. The molecule has 4 aromatic rings. The third kappa shape index (κ3) is 4.39. The van der Waals surface area contributed by atoms with Crippen molar-refractivity contribution in [3.05, 3.63) is 81.6 Å². The zero-order chi connectivity index (χ0) is 28.5. The molecular weight excluding hydrogens is 563 g/mol. The Morgan fingerprint density at radius 1 is 1.12 bits per heavy atom. The van der Waals surface area contributed by atoms with Gasteiger partial charge >= 0.3 is 0 Å². The molecule has 1 aromatic carbocycles. The van der Waals surface area contributed by atoms with E-state index in [0.29, 0.717) is 36.6 Å². The first kappa shape index (κ1) is 26.4. The van der Waals surface area contributed by atoms with Gasteiger partial charge in [-0.25, -0.2) is 22.5 Å². The third-order valence-corrected chi connectivity index (χ3v) is 11.7. The van der Waals surface area contributed by atoms with Gasteiger partial charge in [0, 0.05) is 37.4 Å². The van der Waals surface area contributed by atoms with Gasteiger partial charge in [-0.2, -0.15) is 14.5 Å². The summed E-state index contributed by atoms with van der Waals surface area (Å²) in [5.41, 5.74) is 2.51. The fourth-order valence-corrected chi connectivity index (χ4v) is 8.72. The summed E-state index contributed by atoms with van der Waals surface area (Å²) in [6.45, 7) is 0. The molecule has 7 rings (SSSR count). The van der Waals surface area contributed by atoms with Crippen molar-refractivity contribution < 1.29 is 17.6 Å². The Bertz CT molecular complexity index is 1800. The summed E-state index contributed by atoms with van der Waals surface area (Å²) in [5.74, 6) is 0.108. The van der Waals surface area contributed by atoms with Crippen molar-refractivity contribution in [3.8, 4) is 5.69 Å². The van der Waals surface area contributed by atoms with Gasteiger partial charge in [-0.1, -0.05) is 5.57 Å². The molecule has 0 N–H and O–H groups in total. The first-order valence-electron chi connectivity index (χ1n) is 13.7. The van der Waals surface area contributed by atoms with Crippen molar-refractivity contribution in [2.45, 2.75) is 55.4 Å². The van der Waals surface area contributed by atoms with E-state index in [9.17, 15) is 17.6 Å². The molecule has 3 aliphatic carbocycles. The number of fused-ring (bicyclic) bond motifs is 2. The van der Waals surface area contributed by atoms with Crippen LogP contribution in [0.25, 0.3) is 11.8 Å². The number of hydrogen-bond donors (Lipinski definition) is 0. The van der Waals surface area contributed by atoms with Gasteiger partial charge in [0.05, 0.1) is 29.2 Å². The highest BCUT2D eigenvalue weighted by Gasteiger charge is 2.51. The lowest BCUT2D eigenvalue weighted by Gasteiger charge is -2.45. The summed E-state index contributed by atoms with van der Waals surface area (Å²) in [5, 5.41) is 9.12. The number of sulfonamides is 1. The van der Waals surface area contributed by atoms with Crippen LogP contribution >= 0.6 is 11.3 Å². The number of ketones is 1. The molecule has 9 nitrogen and oxygen atoms in total. The third-order valence-electron chi connectivity index (χ3n) is 8.71. The van der Waals surface area contributed by atoms with Crippen molar-refractivity contribution in [2.24, 2.45) is 12.5 Å². The first-order chi connectivity index (χ1) is 19.7. The zero-order valence-electron chi connectivity index (χ0n) is 22.7. The SMILES string of the molecule is CN([C@H]1CCC2=Cc3c(cnn3-c3ccc(F)cc3)C[C@]2(C(=O)c2ncc(C3CC3)s2)C1)S(=O)(=O)c1cnn(C)c1. The topological polar surface area (TPSA) is 103 Å². The lowest BCUT2D eigenvalue weighted by molar-refractivity contribution is 0.0752. The maximum atomic E-state index is 14.5. The van der Waals surface area contributed by atoms with Crippen LogP contribution < -0.4 is 0 Å². The van der Waals surface area contributed by atoms with Crippen LogP contribution in [0.5, 0.6) is 0 Å². The van der Waals surface area contributed by atoms with Crippen molar-refractivity contribution >= 4 is 33.2 Å². The summed E-state index contributed by atoms with van der Waals surface area (Å²) in [4.78, 5) is 20.3. The number of carbonyl (C=O) groups excluding carboxylic acids is 1. The van der Waals surface area contributed by atoms with Gasteiger partial charge in [0.15, 0.2) is 5.01 Å². The van der Waals surface area contributed by atoms with Crippen molar-refractivity contribution in [1.82, 2.24) is 28.9 Å². The minimum atomic E-state index is -3.81. The molecule has 12 heteroatoms. The van der Waals surface area contributed by atoms with E-state index in [4.69, 9.17) is 0 Å². The summed E-state index contributed by atoms with van der Waals surface area (Å²) in [6.07, 6.45) is 12.6. The molecule has 212 valence electrons. The van der Waals surface area contributed by atoms with Crippen LogP contribution in [0.1, 0.15) is 64.0 Å². The summed E-state index contributed by atoms with van der Waals surface area (Å²) in [6, 6.07) is 5.77. The maximum Gasteiger partial charge on any atom is 0.246 e. The number of carbonyl (C=O) groups is 1. The lowest BCUT2D eigenvalue weighted by atomic mass is 9.61. The maximum absolute atomic E-state index is 14.5. The van der Waals surface area contributed by atoms with E-state index >= 15 is 0 Å². The molecule has 0 amide bonds. The first-order valence-corrected chi connectivity index (χ1v) is 15.9. The van der Waals surface area contributed by atoms with Gasteiger partial charge in [0.1, 0.15) is 10.7 Å². The second kappa shape index (κ2) is 9.53. The summed E-state index contributed by atoms with van der Waals surface area (Å²) in [7, 11) is -0.535. The molecule has 0 radical (unpaired) electrons. The smallest absolute Gasteiger partial charge is 0.246 e. The van der Waals surface area contributed by atoms with E-state index in [0.717, 1.165) is 40.2 Å². The monoisotopic (exact) mass is 592 g/mol. The minimum Gasteiger partial charge on any atom is -0.290 e. The quantitative estimate of drug-likeness (QED) is 0.287. The molecule has 3 aliphatic rings. The number of Topliss-reactive ketones (excluding diaryl/α,β-unsaturated/α-hetero) is 1. The summed E-state index contributed by atoms with van der Waals surface area (Å²) < 4.78 is 45.3. The molecule has 0 spiro atoms. The molecule has 2 fully saturated rings. The number of rotatable bonds is 7. The average Bonchev–Trinajstić information content (AvgIpc) is 3.32. The Balaban J connectivity index is 1.29. The van der Waals surface area contributed by atoms with E-state index in [1.54, 1.807) is 37.1 Å². The van der Waals surface area contributed by atoms with Crippen LogP contribution in [0.4, 0.5) is 4.39 Å². The van der Waals surface area contributed by atoms with Gasteiger partial charge in [0.25, 0.3) is 0 Å². The number of allylic oxidation sites excluding steroid dienone is 1. The second-order valence-electron chi connectivity index (χ2n) is 11.3. The number of nitrogens with zero attached hydrogens (tertiary/aromatic N) is 6. The molecule has 3 heterocycles. The Hall–Kier alpha value is -3.48. The fourth-order valence-electron chi connectivity index (χ4n) is 6.23. The molecule has 0 aliphatic heterocycles. The largest absolute Gasteiger partial charge is 0.290 e. The van der Waals surface area contributed by atoms with Crippen LogP contribution in [0.2, 0.25) is 0 Å². The van der Waals surface area contributed by atoms with Crippen molar-refractivity contribution in [3.63, 3.8) is 0 Å². The second-order valence-corrected chi connectivity index (χ2v) is 14.4. The van der Waals surface area contributed by atoms with Gasteiger partial charge in [-0.3, -0.25) is 9.48 Å². The van der Waals surface area contributed by atoms with E-state index in [2.05, 4.69) is 15.2 Å². The summed E-state index contributed by atoms with van der Waals surface area (Å²) >= 11 is 1.47. The standard InChI is InChI=1S/C29H29FN6O3S2/c1-34-17-24(15-32-34)41(38,39)35(2)23-8-5-20-11-25-19(14-33-36(25)22-9-6-21(30)7-10-22)12-29(20,13-23)27(37)28-31-16-26(40-28)18-3-4-18/h6-7,9-11,14-18,23H,3-5,8,12-13H2,1-2H3/t23-,29-/m0/s1. The molecule has 2 atom stereocenters. The highest BCUT2D eigenvalue weighted by Crippen LogP contribution is 2.52. The van der Waals surface area contributed by atoms with Crippen LogP contribution in [-0.4, -0.2) is 56.1 Å². The Morgan fingerprint density at radius 2 is 1.90 bits per heavy atom. The average molecular weight is 593 g/mol. The van der Waals surface area contributed by atoms with E-state index in [1.807, 2.05) is 12.3 Å². The zero-order valence-corrected chi connectivity index (χ0v) is 24.3. The van der Waals surface area contributed by atoms with Gasteiger partial charge in [-0.05, 0) is 80.3 Å². The number of benzene rings is 1. The molecule has 2 saturated carbocycles. The predicted molar refractivity (Wildman–Crippen MR) is 152 cm³/mol. The van der Waals surface area contributed by atoms with E-state index in [-0.39, 0.29) is 16.5 Å². The van der Waals surface area contributed by atoms with Gasteiger partial charge in [0.2, 0.25) is 15.8 Å². The number of aryl methyl sites for hydroxylation is 1. The van der Waals surface area contributed by atoms with Crippen LogP contribution in [0, 0.1) is 11.2 Å². The molecule has 41 heavy (non-hydrogen) atoms. The van der Waals surface area contributed by atoms with Crippen molar-refractivity contribution in [2.75, 3.05) is 7.05 Å². The fraction of sp³-hybridized carbons (Fsp3) is 0.379. The lowest BCUT2D eigenvalue weighted by Crippen LogP contribution is -2.49. The predicted octanol–water partition coefficient (Wildman–Crippen LogP) is 4.76. The Morgan fingerprint density at radius 3 is 2.61 bits per heavy atom. The van der Waals surface area contributed by atoms with E-state index < -0.39 is 21.5 Å². The Labute approximate surface area is 241 Å². The van der Waals surface area contributed by atoms with Crippen molar-refractivity contribution in [1.29, 1.82) is 0 Å². The molecule has 0 unspecified atom stereocenters. The van der Waals surface area contributed by atoms with Crippen LogP contribution in [-0.2, 0) is 23.5 Å². The van der Waals surface area contributed by atoms with Gasteiger partial charge < -0.3 is 0 Å². The minimum absolute atomic E-state index is 0.0577. The molecule has 0 bridgehead atoms. The van der Waals surface area contributed by atoms with E-state index in [1.165, 1.54) is 44.9 Å². The number of hydrogen-bond acceptors (Lipinski definition) is 7.